The number of fused-ring (bicyclic) bond motifs is 2. The number of carbonyl (C=O) groups excluding carboxylic acids is 2. The number of nitrogens with zero attached hydrogens (tertiary/aromatic N) is 1. The van der Waals surface area contributed by atoms with Crippen LogP contribution in [0.4, 0.5) is 0 Å². The molecule has 2 heterocycles. The summed E-state index contributed by atoms with van der Waals surface area (Å²) in [7, 11) is 2.42. The van der Waals surface area contributed by atoms with E-state index in [0.717, 1.165) is 36.3 Å². The van der Waals surface area contributed by atoms with Gasteiger partial charge in [-0.05, 0) is 35.2 Å². The molecule has 0 bridgehead atoms. The maximum Gasteiger partial charge on any atom is 0.219 e. The first kappa shape index (κ1) is 22.7. The Bertz CT molecular complexity index is 995. The van der Waals surface area contributed by atoms with E-state index in [0.29, 0.717) is 6.42 Å². The van der Waals surface area contributed by atoms with Crippen molar-refractivity contribution in [2.45, 2.75) is 31.1 Å². The van der Waals surface area contributed by atoms with Crippen LogP contribution in [0.25, 0.3) is 0 Å². The summed E-state index contributed by atoms with van der Waals surface area (Å²) in [6.45, 7) is 2.52. The van der Waals surface area contributed by atoms with Crippen LogP contribution >= 0.6 is 0 Å². The molecule has 2 aromatic carbocycles. The van der Waals surface area contributed by atoms with Crippen LogP contribution in [0.5, 0.6) is 0 Å². The van der Waals surface area contributed by atoms with Gasteiger partial charge >= 0.3 is 0 Å². The van der Waals surface area contributed by atoms with Gasteiger partial charge in [0.2, 0.25) is 24.1 Å². The van der Waals surface area contributed by atoms with Crippen molar-refractivity contribution in [2.24, 2.45) is 0 Å². The summed E-state index contributed by atoms with van der Waals surface area (Å²) in [6.07, 6.45) is -2.73. The van der Waals surface area contributed by atoms with Crippen molar-refractivity contribution in [2.75, 3.05) is 33.9 Å². The Morgan fingerprint density at radius 3 is 2.28 bits per heavy atom. The number of benzene rings is 2. The second-order valence-electron chi connectivity index (χ2n) is 8.11. The number of nitrogens with one attached hydrogen (secondary N) is 1. The molecular formula is C24H28N2O6. The first-order valence-corrected chi connectivity index (χ1v) is 10.6. The number of ether oxygens (including phenoxy) is 2. The van der Waals surface area contributed by atoms with Gasteiger partial charge in [0.1, 0.15) is 0 Å². The van der Waals surface area contributed by atoms with Crippen LogP contribution in [-0.4, -0.2) is 79.2 Å². The lowest BCUT2D eigenvalue weighted by molar-refractivity contribution is -0.0501. The van der Waals surface area contributed by atoms with Crippen LogP contribution in [0.15, 0.2) is 42.5 Å². The molecule has 1 saturated heterocycles. The fraction of sp³-hybridized carbons (Fsp3) is 0.417. The Balaban J connectivity index is 1.91. The van der Waals surface area contributed by atoms with Gasteiger partial charge < -0.3 is 25.0 Å². The lowest BCUT2D eigenvalue weighted by atomic mass is 9.80. The van der Waals surface area contributed by atoms with E-state index >= 15 is 0 Å². The monoisotopic (exact) mass is 440 g/mol. The maximum atomic E-state index is 13.0. The molecule has 0 aliphatic carbocycles. The summed E-state index contributed by atoms with van der Waals surface area (Å²) < 4.78 is 9.60. The van der Waals surface area contributed by atoms with Gasteiger partial charge in [-0.3, -0.25) is 14.5 Å². The minimum Gasteiger partial charge on any atom is -0.362 e. The van der Waals surface area contributed by atoms with Crippen LogP contribution in [0.3, 0.4) is 0 Å². The van der Waals surface area contributed by atoms with E-state index in [4.69, 9.17) is 9.47 Å². The molecule has 170 valence electrons. The number of hydrogen-bond acceptors (Lipinski definition) is 8. The van der Waals surface area contributed by atoms with Gasteiger partial charge in [-0.25, -0.2) is 0 Å². The lowest BCUT2D eigenvalue weighted by Gasteiger charge is -2.46. The van der Waals surface area contributed by atoms with Gasteiger partial charge in [0.15, 0.2) is 0 Å². The summed E-state index contributed by atoms with van der Waals surface area (Å²) in [5.74, 6) is -1.47. The second-order valence-corrected chi connectivity index (χ2v) is 8.11. The zero-order chi connectivity index (χ0) is 22.8. The van der Waals surface area contributed by atoms with E-state index in [1.165, 1.54) is 14.2 Å². The van der Waals surface area contributed by atoms with Crippen molar-refractivity contribution in [3.63, 3.8) is 0 Å². The number of methoxy groups -OCH3 is 2. The number of Topliss-reactive ketones (excluding diaryl/α,β-unsaturated/α-hetero) is 2. The second kappa shape index (κ2) is 9.58. The molecule has 0 aromatic heterocycles. The average Bonchev–Trinajstić information content (AvgIpc) is 2.85. The van der Waals surface area contributed by atoms with Crippen molar-refractivity contribution in [3.8, 4) is 0 Å². The number of carbonyl (C=O) groups is 2. The van der Waals surface area contributed by atoms with Crippen molar-refractivity contribution in [1.29, 1.82) is 0 Å². The molecule has 4 unspecified atom stereocenters. The van der Waals surface area contributed by atoms with Crippen LogP contribution in [0.1, 0.15) is 43.4 Å². The van der Waals surface area contributed by atoms with Crippen LogP contribution in [0, 0.1) is 0 Å². The maximum absolute atomic E-state index is 13.0. The molecule has 4 atom stereocenters. The SMILES string of the molecule is COC(O)C(=O)c1cc2c(cc1C(=O)C(O)OC)C(c1ccccc1)N1CCNCC1C2. The highest BCUT2D eigenvalue weighted by Gasteiger charge is 2.38. The smallest absolute Gasteiger partial charge is 0.219 e. The number of hydrogen-bond donors (Lipinski definition) is 3. The molecule has 0 radical (unpaired) electrons. The Kier molecular flexibility index (Phi) is 6.80. The van der Waals surface area contributed by atoms with E-state index in [-0.39, 0.29) is 23.2 Å². The van der Waals surface area contributed by atoms with Crippen molar-refractivity contribution in [1.82, 2.24) is 10.2 Å². The van der Waals surface area contributed by atoms with Crippen molar-refractivity contribution < 1.29 is 29.3 Å². The molecule has 2 aromatic rings. The minimum absolute atomic E-state index is 0.00807. The quantitative estimate of drug-likeness (QED) is 0.431. The van der Waals surface area contributed by atoms with E-state index < -0.39 is 24.1 Å². The molecule has 0 spiro atoms. The van der Waals surface area contributed by atoms with Crippen molar-refractivity contribution >= 4 is 11.6 Å². The summed E-state index contributed by atoms with van der Waals surface area (Å²) >= 11 is 0. The summed E-state index contributed by atoms with van der Waals surface area (Å²) in [5.41, 5.74) is 2.95. The molecule has 8 nitrogen and oxygen atoms in total. The predicted octanol–water partition coefficient (Wildman–Crippen LogP) is 0.901. The Hall–Kier alpha value is -2.46. The Morgan fingerprint density at radius 1 is 1.03 bits per heavy atom. The minimum atomic E-state index is -1.72. The van der Waals surface area contributed by atoms with Gasteiger partial charge in [0.25, 0.3) is 0 Å². The van der Waals surface area contributed by atoms with Gasteiger partial charge in [-0.2, -0.15) is 0 Å². The lowest BCUT2D eigenvalue weighted by Crippen LogP contribution is -2.55. The molecule has 32 heavy (non-hydrogen) atoms. The Morgan fingerprint density at radius 2 is 1.66 bits per heavy atom. The van der Waals surface area contributed by atoms with E-state index in [1.54, 1.807) is 12.1 Å². The number of rotatable bonds is 7. The average molecular weight is 440 g/mol. The van der Waals surface area contributed by atoms with Gasteiger partial charge in [-0.1, -0.05) is 30.3 Å². The topological polar surface area (TPSA) is 108 Å². The fourth-order valence-corrected chi connectivity index (χ4v) is 4.73. The fourth-order valence-electron chi connectivity index (χ4n) is 4.73. The summed E-state index contributed by atoms with van der Waals surface area (Å²) in [5, 5.41) is 23.5. The normalized spacial score (nSPS) is 22.5. The zero-order valence-electron chi connectivity index (χ0n) is 18.2. The van der Waals surface area contributed by atoms with E-state index in [1.807, 2.05) is 18.2 Å². The highest BCUT2D eigenvalue weighted by atomic mass is 16.6. The first-order chi connectivity index (χ1) is 15.5. The molecule has 3 N–H and O–H groups in total. The number of aliphatic hydroxyl groups excluding tert-OH is 2. The van der Waals surface area contributed by atoms with Crippen LogP contribution in [-0.2, 0) is 15.9 Å². The van der Waals surface area contributed by atoms with Crippen LogP contribution in [0.2, 0.25) is 0 Å². The van der Waals surface area contributed by atoms with E-state index in [9.17, 15) is 19.8 Å². The third kappa shape index (κ3) is 4.13. The van der Waals surface area contributed by atoms with E-state index in [2.05, 4.69) is 22.3 Å². The largest absolute Gasteiger partial charge is 0.362 e. The first-order valence-electron chi connectivity index (χ1n) is 10.6. The third-order valence-corrected chi connectivity index (χ3v) is 6.30. The molecule has 2 aliphatic heterocycles. The number of ketones is 2. The highest BCUT2D eigenvalue weighted by Crippen LogP contribution is 2.40. The molecule has 2 aliphatic rings. The number of aliphatic hydroxyl groups is 2. The summed E-state index contributed by atoms with van der Waals surface area (Å²) in [4.78, 5) is 28.2. The zero-order valence-corrected chi connectivity index (χ0v) is 18.2. The number of piperazine rings is 1. The van der Waals surface area contributed by atoms with Gasteiger partial charge in [0, 0.05) is 51.0 Å². The molecule has 0 amide bonds. The van der Waals surface area contributed by atoms with Gasteiger partial charge in [0.05, 0.1) is 6.04 Å². The Labute approximate surface area is 186 Å². The molecule has 4 rings (SSSR count). The third-order valence-electron chi connectivity index (χ3n) is 6.30. The predicted molar refractivity (Wildman–Crippen MR) is 116 cm³/mol. The van der Waals surface area contributed by atoms with Gasteiger partial charge in [-0.15, -0.1) is 0 Å². The summed E-state index contributed by atoms with van der Waals surface area (Å²) in [6, 6.07) is 13.5. The van der Waals surface area contributed by atoms with Crippen LogP contribution < -0.4 is 5.32 Å². The molecule has 1 fully saturated rings. The molecule has 8 heteroatoms. The molecule has 0 saturated carbocycles. The van der Waals surface area contributed by atoms with Crippen molar-refractivity contribution in [3.05, 3.63) is 70.3 Å². The standard InChI is InChI=1S/C24H28N2O6/c1-31-23(29)21(27)18-11-15-10-16-13-25-8-9-26(16)20(14-6-4-3-5-7-14)17(15)12-19(18)22(28)24(30)32-2/h3-7,11-12,16,20,23-25,29-30H,8-10,13H2,1-2H3. The highest BCUT2D eigenvalue weighted by molar-refractivity contribution is 6.11. The molecular weight excluding hydrogens is 412 g/mol.